The molecule has 0 aliphatic rings. The minimum Gasteiger partial charge on any atom is -0.465 e. The van der Waals surface area contributed by atoms with E-state index in [9.17, 15) is 14.4 Å². The van der Waals surface area contributed by atoms with Crippen LogP contribution in [0.5, 0.6) is 0 Å². The summed E-state index contributed by atoms with van der Waals surface area (Å²) in [6, 6.07) is 12.0. The first-order valence-electron chi connectivity index (χ1n) is 7.99. The molecule has 1 amide bonds. The smallest absolute Gasteiger partial charge is 0.337 e. The van der Waals surface area contributed by atoms with Crippen LogP contribution in [0.15, 0.2) is 42.5 Å². The van der Waals surface area contributed by atoms with Gasteiger partial charge in [-0.05, 0) is 49.2 Å². The number of carbonyl (C=O) groups excluding carboxylic acids is 3. The van der Waals surface area contributed by atoms with Crippen LogP contribution in [0.2, 0.25) is 0 Å². The van der Waals surface area contributed by atoms with Gasteiger partial charge in [0.15, 0.2) is 5.78 Å². The van der Waals surface area contributed by atoms with Crippen LogP contribution < -0.4 is 5.32 Å². The molecule has 2 aromatic carbocycles. The van der Waals surface area contributed by atoms with Crippen molar-refractivity contribution in [1.29, 1.82) is 0 Å². The second kappa shape index (κ2) is 8.24. The van der Waals surface area contributed by atoms with E-state index in [0.29, 0.717) is 16.8 Å². The van der Waals surface area contributed by atoms with Gasteiger partial charge < -0.3 is 10.1 Å². The average molecular weight is 339 g/mol. The van der Waals surface area contributed by atoms with Crippen LogP contribution in [0, 0.1) is 13.8 Å². The zero-order chi connectivity index (χ0) is 18.4. The zero-order valence-electron chi connectivity index (χ0n) is 14.6. The number of amides is 1. The third kappa shape index (κ3) is 5.01. The van der Waals surface area contributed by atoms with Gasteiger partial charge in [0.05, 0.1) is 12.7 Å². The van der Waals surface area contributed by atoms with Crippen molar-refractivity contribution in [2.24, 2.45) is 0 Å². The Morgan fingerprint density at radius 1 is 0.920 bits per heavy atom. The number of esters is 1. The van der Waals surface area contributed by atoms with E-state index in [0.717, 1.165) is 11.1 Å². The van der Waals surface area contributed by atoms with Crippen molar-refractivity contribution in [2.45, 2.75) is 26.7 Å². The van der Waals surface area contributed by atoms with Crippen LogP contribution in [0.1, 0.15) is 44.7 Å². The van der Waals surface area contributed by atoms with Crippen LogP contribution in [0.4, 0.5) is 5.69 Å². The van der Waals surface area contributed by atoms with Crippen molar-refractivity contribution in [3.05, 3.63) is 64.7 Å². The molecular weight excluding hydrogens is 318 g/mol. The van der Waals surface area contributed by atoms with Gasteiger partial charge in [-0.3, -0.25) is 9.59 Å². The largest absolute Gasteiger partial charge is 0.465 e. The van der Waals surface area contributed by atoms with Gasteiger partial charge in [-0.15, -0.1) is 0 Å². The molecule has 0 aliphatic carbocycles. The Bertz CT molecular complexity index is 811. The number of anilines is 1. The molecule has 130 valence electrons. The van der Waals surface area contributed by atoms with Gasteiger partial charge in [-0.2, -0.15) is 0 Å². The zero-order valence-corrected chi connectivity index (χ0v) is 14.6. The summed E-state index contributed by atoms with van der Waals surface area (Å²) in [5.74, 6) is -0.818. The predicted octanol–water partition coefficient (Wildman–Crippen LogP) is 3.69. The molecule has 5 heteroatoms. The van der Waals surface area contributed by atoms with E-state index >= 15 is 0 Å². The summed E-state index contributed by atoms with van der Waals surface area (Å²) in [7, 11) is 1.30. The Kier molecular flexibility index (Phi) is 6.06. The minimum absolute atomic E-state index is 0.0680. The van der Waals surface area contributed by atoms with Gasteiger partial charge >= 0.3 is 5.97 Å². The summed E-state index contributed by atoms with van der Waals surface area (Å²) in [4.78, 5) is 35.7. The van der Waals surface area contributed by atoms with E-state index in [-0.39, 0.29) is 24.5 Å². The van der Waals surface area contributed by atoms with Gasteiger partial charge in [-0.1, -0.05) is 18.2 Å². The lowest BCUT2D eigenvalue weighted by Crippen LogP contribution is -2.14. The van der Waals surface area contributed by atoms with Gasteiger partial charge in [0.2, 0.25) is 5.91 Å². The number of hydrogen-bond acceptors (Lipinski definition) is 4. The topological polar surface area (TPSA) is 72.5 Å². The van der Waals surface area contributed by atoms with Crippen molar-refractivity contribution in [2.75, 3.05) is 12.4 Å². The van der Waals surface area contributed by atoms with E-state index < -0.39 is 5.97 Å². The quantitative estimate of drug-likeness (QED) is 0.643. The van der Waals surface area contributed by atoms with Crippen molar-refractivity contribution in [1.82, 2.24) is 0 Å². The van der Waals surface area contributed by atoms with Crippen LogP contribution in [-0.4, -0.2) is 24.8 Å². The number of hydrogen-bond donors (Lipinski definition) is 1. The van der Waals surface area contributed by atoms with Crippen molar-refractivity contribution in [3.8, 4) is 0 Å². The van der Waals surface area contributed by atoms with Gasteiger partial charge in [0.1, 0.15) is 0 Å². The monoisotopic (exact) mass is 339 g/mol. The summed E-state index contributed by atoms with van der Waals surface area (Å²) >= 11 is 0. The van der Waals surface area contributed by atoms with Gasteiger partial charge in [-0.25, -0.2) is 4.79 Å². The first-order chi connectivity index (χ1) is 11.9. The first kappa shape index (κ1) is 18.4. The second-order valence-corrected chi connectivity index (χ2v) is 5.84. The highest BCUT2D eigenvalue weighted by atomic mass is 16.5. The van der Waals surface area contributed by atoms with Crippen molar-refractivity contribution in [3.63, 3.8) is 0 Å². The van der Waals surface area contributed by atoms with E-state index in [2.05, 4.69) is 10.1 Å². The summed E-state index contributed by atoms with van der Waals surface area (Å²) in [5, 5.41) is 2.69. The number of methoxy groups -OCH3 is 1. The van der Waals surface area contributed by atoms with Crippen molar-refractivity contribution >= 4 is 23.3 Å². The number of aryl methyl sites for hydroxylation is 2. The minimum atomic E-state index is -0.471. The Labute approximate surface area is 147 Å². The molecule has 5 nitrogen and oxygen atoms in total. The molecule has 0 spiro atoms. The number of carbonyl (C=O) groups is 3. The SMILES string of the molecule is COC(=O)c1cccc(NC(=O)CCC(=O)c2ccc(C)c(C)c2)c1. The molecule has 1 N–H and O–H groups in total. The lowest BCUT2D eigenvalue weighted by Gasteiger charge is -2.07. The fourth-order valence-corrected chi connectivity index (χ4v) is 2.35. The number of ketones is 1. The number of Topliss-reactive ketones (excluding diaryl/α,β-unsaturated/α-hetero) is 1. The Hall–Kier alpha value is -2.95. The summed E-state index contributed by atoms with van der Waals surface area (Å²) in [6.07, 6.45) is 0.208. The van der Waals surface area contributed by atoms with E-state index in [4.69, 9.17) is 0 Å². The Morgan fingerprint density at radius 2 is 1.68 bits per heavy atom. The predicted molar refractivity (Wildman–Crippen MR) is 95.9 cm³/mol. The third-order valence-corrected chi connectivity index (χ3v) is 3.98. The summed E-state index contributed by atoms with van der Waals surface area (Å²) < 4.78 is 4.65. The number of ether oxygens (including phenoxy) is 1. The highest BCUT2D eigenvalue weighted by molar-refractivity contribution is 6.00. The number of benzene rings is 2. The number of rotatable bonds is 6. The average Bonchev–Trinajstić information content (AvgIpc) is 2.61. The maximum atomic E-state index is 12.2. The number of nitrogens with one attached hydrogen (secondary N) is 1. The molecule has 25 heavy (non-hydrogen) atoms. The maximum absolute atomic E-state index is 12.2. The highest BCUT2D eigenvalue weighted by Crippen LogP contribution is 2.14. The Morgan fingerprint density at radius 3 is 2.36 bits per heavy atom. The molecule has 0 saturated carbocycles. The maximum Gasteiger partial charge on any atom is 0.337 e. The molecule has 2 aromatic rings. The standard InChI is InChI=1S/C20H21NO4/c1-13-7-8-15(11-14(13)2)18(22)9-10-19(23)21-17-6-4-5-16(12-17)20(24)25-3/h4-8,11-12H,9-10H2,1-3H3,(H,21,23). The lowest BCUT2D eigenvalue weighted by molar-refractivity contribution is -0.116. The fraction of sp³-hybridized carbons (Fsp3) is 0.250. The van der Waals surface area contributed by atoms with Gasteiger partial charge in [0.25, 0.3) is 0 Å². The fourth-order valence-electron chi connectivity index (χ4n) is 2.35. The molecule has 0 radical (unpaired) electrons. The summed E-state index contributed by atoms with van der Waals surface area (Å²) in [6.45, 7) is 3.94. The molecule has 0 unspecified atom stereocenters. The first-order valence-corrected chi connectivity index (χ1v) is 7.99. The molecule has 0 atom stereocenters. The van der Waals surface area contributed by atoms with E-state index in [1.165, 1.54) is 13.2 Å². The van der Waals surface area contributed by atoms with Crippen LogP contribution in [0.25, 0.3) is 0 Å². The van der Waals surface area contributed by atoms with Crippen LogP contribution >= 0.6 is 0 Å². The highest BCUT2D eigenvalue weighted by Gasteiger charge is 2.11. The molecule has 0 fully saturated rings. The third-order valence-electron chi connectivity index (χ3n) is 3.98. The van der Waals surface area contributed by atoms with E-state index in [1.54, 1.807) is 24.3 Å². The van der Waals surface area contributed by atoms with Crippen molar-refractivity contribution < 1.29 is 19.1 Å². The molecule has 0 heterocycles. The molecular formula is C20H21NO4. The van der Waals surface area contributed by atoms with Crippen LogP contribution in [0.3, 0.4) is 0 Å². The lowest BCUT2D eigenvalue weighted by atomic mass is 10.0. The molecule has 0 bridgehead atoms. The molecule has 0 aromatic heterocycles. The van der Waals surface area contributed by atoms with E-state index in [1.807, 2.05) is 26.0 Å². The summed E-state index contributed by atoms with van der Waals surface area (Å²) in [5.41, 5.74) is 3.64. The molecule has 2 rings (SSSR count). The van der Waals surface area contributed by atoms with Gasteiger partial charge in [0, 0.05) is 24.1 Å². The molecule has 0 saturated heterocycles. The second-order valence-electron chi connectivity index (χ2n) is 5.84. The molecule has 0 aliphatic heterocycles. The van der Waals surface area contributed by atoms with Crippen LogP contribution in [-0.2, 0) is 9.53 Å². The Balaban J connectivity index is 1.93. The normalized spacial score (nSPS) is 10.2.